The second kappa shape index (κ2) is 10.3. The lowest BCUT2D eigenvalue weighted by Gasteiger charge is -2.17. The highest BCUT2D eigenvalue weighted by Gasteiger charge is 2.25. The zero-order valence-electron chi connectivity index (χ0n) is 17.6. The number of aliphatic imine (C=N–C) groups is 1. The number of fused-ring (bicyclic) bond motifs is 3. The van der Waals surface area contributed by atoms with Crippen LogP contribution in [-0.4, -0.2) is 32.8 Å². The van der Waals surface area contributed by atoms with E-state index in [0.29, 0.717) is 13.1 Å². The molecule has 7 heteroatoms. The molecule has 31 heavy (non-hydrogen) atoms. The largest absolute Gasteiger partial charge is 0.310 e. The quantitative estimate of drug-likeness (QED) is 0.267. The van der Waals surface area contributed by atoms with Crippen LogP contribution >= 0.6 is 23.4 Å². The van der Waals surface area contributed by atoms with Crippen molar-refractivity contribution >= 4 is 29.1 Å². The van der Waals surface area contributed by atoms with Gasteiger partial charge in [0.15, 0.2) is 11.6 Å². The Morgan fingerprint density at radius 1 is 1.19 bits per heavy atom. The molecule has 0 amide bonds. The van der Waals surface area contributed by atoms with Gasteiger partial charge < -0.3 is 5.32 Å². The maximum Gasteiger partial charge on any atom is 0.159 e. The summed E-state index contributed by atoms with van der Waals surface area (Å²) in [6.07, 6.45) is 3.94. The van der Waals surface area contributed by atoms with E-state index in [1.54, 1.807) is 0 Å². The van der Waals surface area contributed by atoms with E-state index in [-0.39, 0.29) is 0 Å². The Balaban J connectivity index is 1.82. The van der Waals surface area contributed by atoms with E-state index >= 15 is 0 Å². The summed E-state index contributed by atoms with van der Waals surface area (Å²) in [6, 6.07) is 14.3. The predicted molar refractivity (Wildman–Crippen MR) is 130 cm³/mol. The number of nitrogens with zero attached hydrogens (tertiary/aromatic N) is 4. The molecule has 160 valence electrons. The van der Waals surface area contributed by atoms with Crippen LogP contribution in [0.4, 0.5) is 0 Å². The molecular formula is C24H26ClN5S. The summed E-state index contributed by atoms with van der Waals surface area (Å²) >= 11 is 8.02. The molecule has 1 N–H and O–H groups in total. The Bertz CT molecular complexity index is 1090. The second-order valence-electron chi connectivity index (χ2n) is 7.29. The van der Waals surface area contributed by atoms with Crippen LogP contribution < -0.4 is 5.32 Å². The molecule has 0 fully saturated rings. The minimum Gasteiger partial charge on any atom is -0.310 e. The second-order valence-corrected chi connectivity index (χ2v) is 8.87. The van der Waals surface area contributed by atoms with E-state index in [2.05, 4.69) is 51.8 Å². The number of benzene rings is 2. The van der Waals surface area contributed by atoms with Crippen LogP contribution in [-0.2, 0) is 13.1 Å². The Morgan fingerprint density at radius 3 is 2.81 bits per heavy atom. The molecule has 0 spiro atoms. The third-order valence-corrected chi connectivity index (χ3v) is 6.56. The number of hydrogen-bond acceptors (Lipinski definition) is 5. The summed E-state index contributed by atoms with van der Waals surface area (Å²) in [7, 11) is 0. The molecule has 0 saturated carbocycles. The average Bonchev–Trinajstić information content (AvgIpc) is 3.11. The Kier molecular flexibility index (Phi) is 7.22. The minimum atomic E-state index is 0.476. The molecule has 3 aromatic rings. The van der Waals surface area contributed by atoms with Gasteiger partial charge in [-0.1, -0.05) is 42.8 Å². The van der Waals surface area contributed by atoms with Gasteiger partial charge in [0.05, 0.1) is 17.9 Å². The number of thioether (sulfide) groups is 1. The maximum atomic E-state index is 6.15. The molecule has 1 aliphatic rings. The van der Waals surface area contributed by atoms with E-state index in [1.165, 1.54) is 4.90 Å². The Hall–Kier alpha value is -2.41. The first-order valence-corrected chi connectivity index (χ1v) is 11.9. The van der Waals surface area contributed by atoms with Gasteiger partial charge in [0.1, 0.15) is 6.54 Å². The molecule has 0 atom stereocenters. The first kappa shape index (κ1) is 21.8. The molecule has 4 rings (SSSR count). The standard InChI is InChI=1S/C24H26ClN5S/c1-3-5-13-26-15-21-28-29-22-16-27-24(17-9-11-18(25)12-10-17)23-19(30(21)22)7-6-8-20(23)31-14-4-2/h3,6-12,26H,1,4-5,13-16H2,2H3. The number of rotatable bonds is 9. The van der Waals surface area contributed by atoms with Crippen LogP contribution in [0.25, 0.3) is 5.69 Å². The monoisotopic (exact) mass is 451 g/mol. The van der Waals surface area contributed by atoms with Crippen molar-refractivity contribution in [2.24, 2.45) is 4.99 Å². The molecule has 0 saturated heterocycles. The van der Waals surface area contributed by atoms with Gasteiger partial charge in [-0.05, 0) is 49.4 Å². The highest BCUT2D eigenvalue weighted by molar-refractivity contribution is 7.99. The molecule has 5 nitrogen and oxygen atoms in total. The van der Waals surface area contributed by atoms with Crippen molar-refractivity contribution in [1.82, 2.24) is 20.1 Å². The van der Waals surface area contributed by atoms with Crippen LogP contribution in [0.1, 0.15) is 42.5 Å². The SMILES string of the molecule is C=CCCNCc1nnc2n1-c1cccc(SCCC)c1C(c1ccc(Cl)cc1)=NC2. The van der Waals surface area contributed by atoms with Crippen molar-refractivity contribution < 1.29 is 0 Å². The Labute approximate surface area is 192 Å². The minimum absolute atomic E-state index is 0.476. The number of halogens is 1. The van der Waals surface area contributed by atoms with Gasteiger partial charge in [0.2, 0.25) is 0 Å². The fourth-order valence-corrected chi connectivity index (χ4v) is 4.67. The smallest absolute Gasteiger partial charge is 0.159 e. The molecule has 0 radical (unpaired) electrons. The third-order valence-electron chi connectivity index (χ3n) is 5.05. The van der Waals surface area contributed by atoms with E-state index in [4.69, 9.17) is 16.6 Å². The zero-order valence-corrected chi connectivity index (χ0v) is 19.2. The van der Waals surface area contributed by atoms with E-state index in [9.17, 15) is 0 Å². The molecule has 0 aliphatic carbocycles. The fourth-order valence-electron chi connectivity index (χ4n) is 3.60. The molecule has 1 aliphatic heterocycles. The van der Waals surface area contributed by atoms with Crippen LogP contribution in [0.15, 0.2) is 65.0 Å². The van der Waals surface area contributed by atoms with Crippen LogP contribution in [0.2, 0.25) is 5.02 Å². The van der Waals surface area contributed by atoms with Crippen molar-refractivity contribution in [3.63, 3.8) is 0 Å². The third kappa shape index (κ3) is 4.76. The molecule has 1 aromatic heterocycles. The molecule has 0 unspecified atom stereocenters. The van der Waals surface area contributed by atoms with Crippen molar-refractivity contribution in [2.75, 3.05) is 12.3 Å². The topological polar surface area (TPSA) is 55.1 Å². The molecule has 0 bridgehead atoms. The lowest BCUT2D eigenvalue weighted by atomic mass is 10.0. The summed E-state index contributed by atoms with van der Waals surface area (Å²) < 4.78 is 2.17. The predicted octanol–water partition coefficient (Wildman–Crippen LogP) is 5.44. The van der Waals surface area contributed by atoms with E-state index < -0.39 is 0 Å². The molecule has 2 aromatic carbocycles. The van der Waals surface area contributed by atoms with Crippen molar-refractivity contribution in [1.29, 1.82) is 0 Å². The van der Waals surface area contributed by atoms with Crippen LogP contribution in [0.3, 0.4) is 0 Å². The number of hydrogen-bond donors (Lipinski definition) is 1. The summed E-state index contributed by atoms with van der Waals surface area (Å²) in [6.45, 7) is 7.96. The van der Waals surface area contributed by atoms with Crippen molar-refractivity contribution in [3.05, 3.63) is 82.9 Å². The van der Waals surface area contributed by atoms with Gasteiger partial charge in [-0.2, -0.15) is 0 Å². The summed E-state index contributed by atoms with van der Waals surface area (Å²) in [5, 5.41) is 13.1. The molecular weight excluding hydrogens is 426 g/mol. The van der Waals surface area contributed by atoms with Gasteiger partial charge in [-0.25, -0.2) is 0 Å². The van der Waals surface area contributed by atoms with Gasteiger partial charge in [-0.15, -0.1) is 28.5 Å². The zero-order chi connectivity index (χ0) is 21.6. The summed E-state index contributed by atoms with van der Waals surface area (Å²) in [4.78, 5) is 6.22. The fraction of sp³-hybridized carbons (Fsp3) is 0.292. The normalized spacial score (nSPS) is 12.6. The maximum absolute atomic E-state index is 6.15. The van der Waals surface area contributed by atoms with Gasteiger partial charge >= 0.3 is 0 Å². The van der Waals surface area contributed by atoms with E-state index in [0.717, 1.165) is 64.3 Å². The molecule has 2 heterocycles. The Morgan fingerprint density at radius 2 is 2.03 bits per heavy atom. The average molecular weight is 452 g/mol. The number of aromatic nitrogens is 3. The van der Waals surface area contributed by atoms with Gasteiger partial charge in [-0.3, -0.25) is 9.56 Å². The highest BCUT2D eigenvalue weighted by atomic mass is 35.5. The summed E-state index contributed by atoms with van der Waals surface area (Å²) in [5.74, 6) is 2.80. The van der Waals surface area contributed by atoms with Gasteiger partial charge in [0.25, 0.3) is 0 Å². The van der Waals surface area contributed by atoms with Crippen molar-refractivity contribution in [2.45, 2.75) is 37.8 Å². The van der Waals surface area contributed by atoms with Crippen molar-refractivity contribution in [3.8, 4) is 5.69 Å². The van der Waals surface area contributed by atoms with Crippen LogP contribution in [0.5, 0.6) is 0 Å². The first-order chi connectivity index (χ1) is 15.2. The lowest BCUT2D eigenvalue weighted by molar-refractivity contribution is 0.653. The van der Waals surface area contributed by atoms with Crippen LogP contribution in [0, 0.1) is 0 Å². The number of nitrogens with one attached hydrogen (secondary N) is 1. The van der Waals surface area contributed by atoms with E-state index in [1.807, 2.05) is 42.1 Å². The van der Waals surface area contributed by atoms with Gasteiger partial charge in [0, 0.05) is 21.0 Å². The highest BCUT2D eigenvalue weighted by Crippen LogP contribution is 2.34. The lowest BCUT2D eigenvalue weighted by Crippen LogP contribution is -2.19. The first-order valence-electron chi connectivity index (χ1n) is 10.5. The summed E-state index contributed by atoms with van der Waals surface area (Å²) in [5.41, 5.74) is 4.24.